The maximum absolute atomic E-state index is 12.9. The van der Waals surface area contributed by atoms with Crippen LogP contribution in [-0.4, -0.2) is 74.9 Å². The van der Waals surface area contributed by atoms with Crippen LogP contribution in [0.1, 0.15) is 309 Å². The van der Waals surface area contributed by atoms with Gasteiger partial charge in [-0.3, -0.25) is 18.6 Å². The van der Waals surface area contributed by atoms with Crippen molar-refractivity contribution in [3.63, 3.8) is 0 Å². The first-order valence-corrected chi connectivity index (χ1v) is 38.4. The van der Waals surface area contributed by atoms with Crippen LogP contribution in [0, 0.1) is 0 Å². The Labute approximate surface area is 555 Å². The van der Waals surface area contributed by atoms with Crippen molar-refractivity contribution in [2.75, 3.05) is 47.5 Å². The molecule has 0 heterocycles. The Bertz CT molecular complexity index is 1980. The van der Waals surface area contributed by atoms with E-state index < -0.39 is 26.5 Å². The van der Waals surface area contributed by atoms with E-state index in [1.54, 1.807) is 0 Å². The number of unbranched alkanes of at least 4 members (excludes halogenated alkanes) is 31. The number of nitrogens with zero attached hydrogens (tertiary/aromatic N) is 1. The topological polar surface area (TPSA) is 108 Å². The van der Waals surface area contributed by atoms with E-state index in [0.717, 1.165) is 116 Å². The smallest absolute Gasteiger partial charge is 0.462 e. The highest BCUT2D eigenvalue weighted by Crippen LogP contribution is 2.43. The van der Waals surface area contributed by atoms with Gasteiger partial charge in [0, 0.05) is 12.8 Å². The van der Waals surface area contributed by atoms with Gasteiger partial charge in [-0.1, -0.05) is 321 Å². The van der Waals surface area contributed by atoms with Crippen molar-refractivity contribution in [3.05, 3.63) is 134 Å². The van der Waals surface area contributed by atoms with Crippen LogP contribution in [0.2, 0.25) is 0 Å². The fraction of sp³-hybridized carbons (Fsp3) is 0.700. The first kappa shape index (κ1) is 86.2. The summed E-state index contributed by atoms with van der Waals surface area (Å²) in [5.74, 6) is -0.806. The molecule has 90 heavy (non-hydrogen) atoms. The second-order valence-corrected chi connectivity index (χ2v) is 27.0. The van der Waals surface area contributed by atoms with Gasteiger partial charge in [-0.25, -0.2) is 4.57 Å². The number of carbonyl (C=O) groups excluding carboxylic acids is 2. The third kappa shape index (κ3) is 73.2. The van der Waals surface area contributed by atoms with Crippen LogP contribution in [0.15, 0.2) is 134 Å². The zero-order chi connectivity index (χ0) is 65.5. The first-order valence-electron chi connectivity index (χ1n) is 36.9. The monoisotopic (exact) mass is 1270 g/mol. The highest BCUT2D eigenvalue weighted by Gasteiger charge is 2.27. The van der Waals surface area contributed by atoms with Crippen molar-refractivity contribution in [3.8, 4) is 0 Å². The van der Waals surface area contributed by atoms with Crippen molar-refractivity contribution in [1.82, 2.24) is 0 Å². The van der Waals surface area contributed by atoms with Crippen LogP contribution >= 0.6 is 7.82 Å². The normalized spacial score (nSPS) is 13.9. The summed E-state index contributed by atoms with van der Waals surface area (Å²) in [6, 6.07) is 0. The average molecular weight is 1270 g/mol. The van der Waals surface area contributed by atoms with Crippen molar-refractivity contribution < 1.29 is 42.1 Å². The Kier molecular flexibility index (Phi) is 66.5. The summed E-state index contributed by atoms with van der Waals surface area (Å²) in [4.78, 5) is 35.9. The fourth-order valence-electron chi connectivity index (χ4n) is 10.1. The summed E-state index contributed by atoms with van der Waals surface area (Å²) < 4.78 is 34.7. The van der Waals surface area contributed by atoms with Crippen LogP contribution in [0.3, 0.4) is 0 Å². The lowest BCUT2D eigenvalue weighted by Gasteiger charge is -2.24. The molecule has 2 atom stereocenters. The molecule has 516 valence electrons. The Morgan fingerprint density at radius 2 is 0.600 bits per heavy atom. The molecule has 0 aromatic heterocycles. The number of phosphoric acid groups is 1. The van der Waals surface area contributed by atoms with Gasteiger partial charge in [0.25, 0.3) is 0 Å². The standard InChI is InChI=1S/C80H138NO8P/c1-6-8-10-12-14-16-18-20-22-24-26-28-30-32-34-36-37-38-39-40-41-42-43-45-46-48-50-52-54-56-58-60-62-64-66-68-70-72-79(82)86-76-78(77-88-90(84,85)87-75-74-81(3,4)5)89-80(83)73-71-69-67-65-63-61-59-57-55-53-51-49-47-44-35-33-31-29-27-25-23-21-19-17-15-13-11-9-7-2/h8-11,14-17,20-23,26-29,33,35,47,49,53,55,78H,6-7,12-13,18-19,24-25,30-32,34,36-46,48,50-52,54,56-77H2,1-5H3/p+1/b10-8-,11-9-,16-14-,17-15-,22-20-,23-21-,28-26-,29-27-,35-33-,49-47-,55-53-. The summed E-state index contributed by atoms with van der Waals surface area (Å²) in [6.07, 6.45) is 101. The van der Waals surface area contributed by atoms with Gasteiger partial charge >= 0.3 is 19.8 Å². The van der Waals surface area contributed by atoms with E-state index in [4.69, 9.17) is 18.5 Å². The van der Waals surface area contributed by atoms with Gasteiger partial charge in [-0.05, 0) is 109 Å². The van der Waals surface area contributed by atoms with Crippen molar-refractivity contribution in [2.45, 2.75) is 315 Å². The summed E-state index contributed by atoms with van der Waals surface area (Å²) in [5.41, 5.74) is 0. The van der Waals surface area contributed by atoms with Crippen LogP contribution < -0.4 is 0 Å². The maximum Gasteiger partial charge on any atom is 0.472 e. The van der Waals surface area contributed by atoms with E-state index in [1.807, 2.05) is 21.1 Å². The fourth-order valence-corrected chi connectivity index (χ4v) is 10.8. The Hall–Kier alpha value is -3.85. The largest absolute Gasteiger partial charge is 0.472 e. The number of hydrogen-bond donors (Lipinski definition) is 1. The molecule has 0 aromatic rings. The lowest BCUT2D eigenvalue weighted by atomic mass is 10.0. The lowest BCUT2D eigenvalue weighted by Crippen LogP contribution is -2.37. The quantitative estimate of drug-likeness (QED) is 0.0211. The molecule has 0 aliphatic rings. The second-order valence-electron chi connectivity index (χ2n) is 25.6. The minimum atomic E-state index is -4.40. The molecular formula is C80H139NO8P+. The molecule has 9 nitrogen and oxygen atoms in total. The van der Waals surface area contributed by atoms with Gasteiger partial charge < -0.3 is 18.9 Å². The number of quaternary nitrogens is 1. The molecule has 0 radical (unpaired) electrons. The number of likely N-dealkylation sites (N-methyl/N-ethyl adjacent to an activating group) is 1. The highest BCUT2D eigenvalue weighted by atomic mass is 31.2. The van der Waals surface area contributed by atoms with E-state index in [1.165, 1.54) is 161 Å². The van der Waals surface area contributed by atoms with Crippen LogP contribution in [0.4, 0.5) is 0 Å². The van der Waals surface area contributed by atoms with Gasteiger partial charge in [0.15, 0.2) is 6.10 Å². The number of phosphoric ester groups is 1. The van der Waals surface area contributed by atoms with E-state index in [-0.39, 0.29) is 32.0 Å². The van der Waals surface area contributed by atoms with Crippen LogP contribution in [0.5, 0.6) is 0 Å². The summed E-state index contributed by atoms with van der Waals surface area (Å²) in [5, 5.41) is 0. The average Bonchev–Trinajstić information content (AvgIpc) is 3.58. The second kappa shape index (κ2) is 69.5. The van der Waals surface area contributed by atoms with E-state index in [2.05, 4.69) is 148 Å². The molecule has 0 aliphatic carbocycles. The van der Waals surface area contributed by atoms with E-state index >= 15 is 0 Å². The lowest BCUT2D eigenvalue weighted by molar-refractivity contribution is -0.870. The predicted molar refractivity (Wildman–Crippen MR) is 390 cm³/mol. The molecular weight excluding hydrogens is 1130 g/mol. The molecule has 10 heteroatoms. The first-order chi connectivity index (χ1) is 44.0. The van der Waals surface area contributed by atoms with Gasteiger partial charge in [0.1, 0.15) is 19.8 Å². The maximum atomic E-state index is 12.9. The molecule has 2 unspecified atom stereocenters. The molecule has 0 aromatic carbocycles. The third-order valence-corrected chi connectivity index (χ3v) is 16.7. The minimum absolute atomic E-state index is 0.0246. The zero-order valence-electron chi connectivity index (χ0n) is 58.8. The highest BCUT2D eigenvalue weighted by molar-refractivity contribution is 7.47. The zero-order valence-corrected chi connectivity index (χ0v) is 59.7. The van der Waals surface area contributed by atoms with Crippen LogP contribution in [-0.2, 0) is 32.7 Å². The Morgan fingerprint density at radius 1 is 0.344 bits per heavy atom. The van der Waals surface area contributed by atoms with E-state index in [9.17, 15) is 19.0 Å². The minimum Gasteiger partial charge on any atom is -0.462 e. The van der Waals surface area contributed by atoms with Gasteiger partial charge in [0.2, 0.25) is 0 Å². The number of ether oxygens (including phenoxy) is 2. The number of carbonyl (C=O) groups is 2. The van der Waals surface area contributed by atoms with Crippen molar-refractivity contribution >= 4 is 19.8 Å². The summed E-state index contributed by atoms with van der Waals surface area (Å²) in [6.45, 7) is 4.21. The van der Waals surface area contributed by atoms with E-state index in [0.29, 0.717) is 17.4 Å². The van der Waals surface area contributed by atoms with Crippen molar-refractivity contribution in [2.24, 2.45) is 0 Å². The molecule has 1 N–H and O–H groups in total. The molecule has 0 aliphatic heterocycles. The number of rotatable bonds is 67. The molecule has 0 spiro atoms. The van der Waals surface area contributed by atoms with Gasteiger partial charge in [-0.15, -0.1) is 0 Å². The number of esters is 2. The number of allylic oxidation sites excluding steroid dienone is 22. The molecule has 0 bridgehead atoms. The molecule has 0 amide bonds. The Balaban J connectivity index is 4.02. The summed E-state index contributed by atoms with van der Waals surface area (Å²) in [7, 11) is 1.46. The van der Waals surface area contributed by atoms with Gasteiger partial charge in [-0.2, -0.15) is 0 Å². The molecule has 0 rings (SSSR count). The van der Waals surface area contributed by atoms with Crippen molar-refractivity contribution in [1.29, 1.82) is 0 Å². The molecule has 0 saturated heterocycles. The summed E-state index contributed by atoms with van der Waals surface area (Å²) >= 11 is 0. The van der Waals surface area contributed by atoms with Crippen LogP contribution in [0.25, 0.3) is 0 Å². The molecule has 0 saturated carbocycles. The number of hydrogen-bond acceptors (Lipinski definition) is 7. The third-order valence-electron chi connectivity index (χ3n) is 15.7. The molecule has 0 fully saturated rings. The predicted octanol–water partition coefficient (Wildman–Crippen LogP) is 24.4. The Morgan fingerprint density at radius 3 is 0.889 bits per heavy atom. The van der Waals surface area contributed by atoms with Gasteiger partial charge in [0.05, 0.1) is 27.7 Å². The SMILES string of the molecule is CC/C=C\C/C=C\C/C=C\C/C=C\C/C=C\C/C=C\C/C=C\CCCCCCCCCC(=O)OC(COC(=O)CCCCCCCCCCCCCCCCCCCCCCCCCC/C=C\C/C=C\C/C=C\C/C=C\CC)COP(=O)(O)OCC[N+](C)(C)C.